The van der Waals surface area contributed by atoms with Crippen LogP contribution in [0.1, 0.15) is 27.1 Å². The van der Waals surface area contributed by atoms with Gasteiger partial charge < -0.3 is 24.6 Å². The number of rotatable bonds is 7. The van der Waals surface area contributed by atoms with Crippen LogP contribution in [-0.4, -0.2) is 48.3 Å². The van der Waals surface area contributed by atoms with Crippen molar-refractivity contribution in [3.8, 4) is 17.2 Å². The molecule has 0 unspecified atom stereocenters. The first-order chi connectivity index (χ1) is 16.6. The van der Waals surface area contributed by atoms with Crippen molar-refractivity contribution in [3.63, 3.8) is 0 Å². The van der Waals surface area contributed by atoms with Crippen LogP contribution < -0.4 is 10.1 Å². The normalized spacial score (nSPS) is 23.3. The molecule has 7 nitrogen and oxygen atoms in total. The van der Waals surface area contributed by atoms with Crippen LogP contribution in [0.2, 0.25) is 0 Å². The highest BCUT2D eigenvalue weighted by atomic mass is 16.6. The third-order valence-corrected chi connectivity index (χ3v) is 6.18. The summed E-state index contributed by atoms with van der Waals surface area (Å²) in [6, 6.07) is 22.3. The molecule has 3 aromatic rings. The summed E-state index contributed by atoms with van der Waals surface area (Å²) in [5.41, 5.74) is 1.02. The van der Waals surface area contributed by atoms with Crippen molar-refractivity contribution in [1.29, 1.82) is 0 Å². The molecule has 0 bridgehead atoms. The topological polar surface area (TPSA) is 94.1 Å². The number of ketones is 1. The van der Waals surface area contributed by atoms with Crippen molar-refractivity contribution in [3.05, 3.63) is 90.0 Å². The van der Waals surface area contributed by atoms with Crippen molar-refractivity contribution in [2.75, 3.05) is 13.2 Å². The Kier molecular flexibility index (Phi) is 6.29. The maximum atomic E-state index is 13.0. The van der Waals surface area contributed by atoms with Crippen molar-refractivity contribution in [2.24, 2.45) is 5.92 Å². The Bertz CT molecular complexity index is 1160. The highest BCUT2D eigenvalue weighted by Crippen LogP contribution is 2.34. The fourth-order valence-electron chi connectivity index (χ4n) is 4.46. The smallest absolute Gasteiger partial charge is 0.251 e. The lowest BCUT2D eigenvalue weighted by molar-refractivity contribution is 0.0591. The molecule has 0 aliphatic carbocycles. The van der Waals surface area contributed by atoms with E-state index in [4.69, 9.17) is 14.2 Å². The summed E-state index contributed by atoms with van der Waals surface area (Å²) in [6.45, 7) is 0.719. The number of ether oxygens (including phenoxy) is 3. The SMILES string of the molecule is O=C(C[C@H]1CO[C@H]2[C@@H]1OC[C@@H]2NC(=O)c1ccc(O)cc1)c1cccc(Oc2ccccc2)c1. The number of aromatic hydroxyl groups is 1. The largest absolute Gasteiger partial charge is 0.508 e. The molecule has 1 amide bonds. The monoisotopic (exact) mass is 459 g/mol. The van der Waals surface area contributed by atoms with Crippen LogP contribution in [0.25, 0.3) is 0 Å². The van der Waals surface area contributed by atoms with Gasteiger partial charge in [-0.3, -0.25) is 9.59 Å². The Morgan fingerprint density at radius 2 is 1.59 bits per heavy atom. The number of carbonyl (C=O) groups is 2. The van der Waals surface area contributed by atoms with Gasteiger partial charge in [-0.1, -0.05) is 30.3 Å². The van der Waals surface area contributed by atoms with Crippen LogP contribution >= 0.6 is 0 Å². The summed E-state index contributed by atoms with van der Waals surface area (Å²) < 4.78 is 17.7. The minimum absolute atomic E-state index is 0.00654. The molecule has 7 heteroatoms. The average molecular weight is 459 g/mol. The zero-order valence-electron chi connectivity index (χ0n) is 18.4. The van der Waals surface area contributed by atoms with E-state index >= 15 is 0 Å². The molecule has 2 fully saturated rings. The van der Waals surface area contributed by atoms with Crippen LogP contribution in [0.5, 0.6) is 17.2 Å². The number of nitrogens with one attached hydrogen (secondary N) is 1. The van der Waals surface area contributed by atoms with Crippen molar-refractivity contribution >= 4 is 11.7 Å². The lowest BCUT2D eigenvalue weighted by Crippen LogP contribution is -2.44. The molecule has 2 saturated heterocycles. The first-order valence-corrected chi connectivity index (χ1v) is 11.3. The molecule has 0 aromatic heterocycles. The highest BCUT2D eigenvalue weighted by molar-refractivity contribution is 5.96. The van der Waals surface area contributed by atoms with Crippen LogP contribution in [-0.2, 0) is 9.47 Å². The summed E-state index contributed by atoms with van der Waals surface area (Å²) in [7, 11) is 0. The van der Waals surface area contributed by atoms with Gasteiger partial charge in [0.05, 0.1) is 25.4 Å². The zero-order chi connectivity index (χ0) is 23.5. The molecule has 0 saturated carbocycles. The minimum atomic E-state index is -0.299. The molecular formula is C27H25NO6. The molecule has 2 aliphatic rings. The number of para-hydroxylation sites is 1. The third kappa shape index (κ3) is 4.81. The second-order valence-corrected chi connectivity index (χ2v) is 8.55. The van der Waals surface area contributed by atoms with E-state index in [-0.39, 0.29) is 48.0 Å². The van der Waals surface area contributed by atoms with Gasteiger partial charge in [0.15, 0.2) is 5.78 Å². The average Bonchev–Trinajstić information content (AvgIpc) is 3.43. The van der Waals surface area contributed by atoms with Gasteiger partial charge in [0.1, 0.15) is 23.4 Å². The molecule has 5 rings (SSSR count). The predicted molar refractivity (Wildman–Crippen MR) is 124 cm³/mol. The highest BCUT2D eigenvalue weighted by Gasteiger charge is 2.48. The maximum absolute atomic E-state index is 13.0. The molecule has 0 spiro atoms. The Hall–Kier alpha value is -3.68. The van der Waals surface area contributed by atoms with Crippen molar-refractivity contribution < 1.29 is 28.9 Å². The summed E-state index contributed by atoms with van der Waals surface area (Å²) in [6.07, 6.45) is -0.265. The van der Waals surface area contributed by atoms with Crippen LogP contribution in [0.15, 0.2) is 78.9 Å². The predicted octanol–water partition coefficient (Wildman–Crippen LogP) is 3.97. The quantitative estimate of drug-likeness (QED) is 0.520. The van der Waals surface area contributed by atoms with Gasteiger partial charge in [-0.25, -0.2) is 0 Å². The van der Waals surface area contributed by atoms with Gasteiger partial charge in [0.2, 0.25) is 0 Å². The Balaban J connectivity index is 1.19. The summed E-state index contributed by atoms with van der Waals surface area (Å²) in [5, 5.41) is 12.4. The van der Waals surface area contributed by atoms with E-state index in [0.29, 0.717) is 35.8 Å². The molecule has 2 aliphatic heterocycles. The standard InChI is InChI=1S/C27H25NO6/c29-20-11-9-17(10-12-20)27(31)28-23-16-33-25-19(15-32-26(23)25)14-24(30)18-5-4-8-22(13-18)34-21-6-2-1-3-7-21/h1-13,19,23,25-26,29H,14-16H2,(H,28,31)/t19-,23-,25+,26+/m0/s1. The van der Waals surface area contributed by atoms with Gasteiger partial charge >= 0.3 is 0 Å². The van der Waals surface area contributed by atoms with Crippen molar-refractivity contribution in [2.45, 2.75) is 24.7 Å². The number of phenols is 1. The van der Waals surface area contributed by atoms with E-state index in [1.165, 1.54) is 12.1 Å². The molecule has 4 atom stereocenters. The maximum Gasteiger partial charge on any atom is 0.251 e. The van der Waals surface area contributed by atoms with Crippen LogP contribution in [0.4, 0.5) is 0 Å². The molecule has 2 heterocycles. The Morgan fingerprint density at radius 3 is 2.38 bits per heavy atom. The second-order valence-electron chi connectivity index (χ2n) is 8.55. The van der Waals surface area contributed by atoms with Gasteiger partial charge in [0.25, 0.3) is 5.91 Å². The molecule has 34 heavy (non-hydrogen) atoms. The number of amides is 1. The van der Waals surface area contributed by atoms with E-state index < -0.39 is 0 Å². The van der Waals surface area contributed by atoms with Gasteiger partial charge in [-0.15, -0.1) is 0 Å². The van der Waals surface area contributed by atoms with E-state index in [1.807, 2.05) is 36.4 Å². The molecule has 174 valence electrons. The lowest BCUT2D eigenvalue weighted by atomic mass is 9.92. The number of phenolic OH excluding ortho intramolecular Hbond substituents is 1. The van der Waals surface area contributed by atoms with Gasteiger partial charge in [0, 0.05) is 23.5 Å². The Labute approximate surface area is 197 Å². The number of Topliss-reactive ketones (excluding diaryl/α,β-unsaturated/α-hetero) is 1. The van der Waals surface area contributed by atoms with E-state index in [9.17, 15) is 14.7 Å². The second kappa shape index (κ2) is 9.67. The number of fused-ring (bicyclic) bond motifs is 1. The molecule has 2 N–H and O–H groups in total. The van der Waals surface area contributed by atoms with E-state index in [2.05, 4.69) is 5.32 Å². The Morgan fingerprint density at radius 1 is 0.853 bits per heavy atom. The van der Waals surface area contributed by atoms with Crippen LogP contribution in [0.3, 0.4) is 0 Å². The number of carbonyl (C=O) groups excluding carboxylic acids is 2. The summed E-state index contributed by atoms with van der Waals surface area (Å²) in [4.78, 5) is 25.5. The number of hydrogen-bond donors (Lipinski definition) is 2. The van der Waals surface area contributed by atoms with Gasteiger partial charge in [-0.2, -0.15) is 0 Å². The summed E-state index contributed by atoms with van der Waals surface area (Å²) >= 11 is 0. The first kappa shape index (κ1) is 22.1. The minimum Gasteiger partial charge on any atom is -0.508 e. The van der Waals surface area contributed by atoms with E-state index in [1.54, 1.807) is 30.3 Å². The van der Waals surface area contributed by atoms with Crippen LogP contribution in [0, 0.1) is 5.92 Å². The number of hydrogen-bond acceptors (Lipinski definition) is 6. The van der Waals surface area contributed by atoms with Crippen molar-refractivity contribution in [1.82, 2.24) is 5.32 Å². The number of benzene rings is 3. The lowest BCUT2D eigenvalue weighted by Gasteiger charge is -2.18. The van der Waals surface area contributed by atoms with E-state index in [0.717, 1.165) is 0 Å². The van der Waals surface area contributed by atoms with Gasteiger partial charge in [-0.05, 0) is 48.5 Å². The fraction of sp³-hybridized carbons (Fsp3) is 0.259. The fourth-order valence-corrected chi connectivity index (χ4v) is 4.46. The molecule has 3 aromatic carbocycles. The zero-order valence-corrected chi connectivity index (χ0v) is 18.4. The molecule has 0 radical (unpaired) electrons. The molecular weight excluding hydrogens is 434 g/mol. The summed E-state index contributed by atoms with van der Waals surface area (Å²) in [5.74, 6) is 1.06. The first-order valence-electron chi connectivity index (χ1n) is 11.3. The third-order valence-electron chi connectivity index (χ3n) is 6.18.